The van der Waals surface area contributed by atoms with E-state index in [0.29, 0.717) is 18.1 Å². The van der Waals surface area contributed by atoms with Crippen LogP contribution in [0.5, 0.6) is 5.75 Å². The molecule has 210 valence electrons. The van der Waals surface area contributed by atoms with Crippen molar-refractivity contribution in [1.82, 2.24) is 19.7 Å². The van der Waals surface area contributed by atoms with Crippen LogP contribution in [0.3, 0.4) is 0 Å². The fraction of sp³-hybridized carbons (Fsp3) is 0.500. The zero-order valence-electron chi connectivity index (χ0n) is 23.2. The van der Waals surface area contributed by atoms with E-state index in [0.717, 1.165) is 68.2 Å². The van der Waals surface area contributed by atoms with Crippen molar-refractivity contribution in [2.75, 3.05) is 39.5 Å². The molecule has 1 aromatic heterocycles. The SMILES string of the molecule is Cc1ccc2[nH]c3c(c2c1)CC1C(=O)N(C2CCCCC2)C(=S)N1C3c1ccc(OCCN2CCOCC2)cc1. The minimum atomic E-state index is -0.268. The van der Waals surface area contributed by atoms with Crippen LogP contribution in [0.15, 0.2) is 42.5 Å². The number of benzene rings is 2. The van der Waals surface area contributed by atoms with Gasteiger partial charge in [0.1, 0.15) is 18.4 Å². The number of aromatic nitrogens is 1. The molecule has 1 aliphatic carbocycles. The van der Waals surface area contributed by atoms with E-state index in [9.17, 15) is 4.79 Å². The molecular weight excluding hydrogens is 520 g/mol. The van der Waals surface area contributed by atoms with Crippen LogP contribution < -0.4 is 4.74 Å². The first-order valence-corrected chi connectivity index (χ1v) is 15.3. The summed E-state index contributed by atoms with van der Waals surface area (Å²) in [7, 11) is 0. The lowest BCUT2D eigenvalue weighted by molar-refractivity contribution is -0.130. The van der Waals surface area contributed by atoms with Gasteiger partial charge in [0.05, 0.1) is 19.3 Å². The van der Waals surface area contributed by atoms with Gasteiger partial charge in [-0.15, -0.1) is 0 Å². The molecule has 2 aromatic carbocycles. The molecule has 7 nitrogen and oxygen atoms in total. The highest BCUT2D eigenvalue weighted by Gasteiger charge is 2.52. The number of aromatic amines is 1. The first-order chi connectivity index (χ1) is 19.6. The van der Waals surface area contributed by atoms with Crippen LogP contribution in [0, 0.1) is 6.92 Å². The predicted octanol–water partition coefficient (Wildman–Crippen LogP) is 4.96. The Balaban J connectivity index is 1.20. The van der Waals surface area contributed by atoms with Gasteiger partial charge in [0, 0.05) is 48.7 Å². The summed E-state index contributed by atoms with van der Waals surface area (Å²) in [4.78, 5) is 24.3. The van der Waals surface area contributed by atoms with Gasteiger partial charge in [-0.3, -0.25) is 14.6 Å². The van der Waals surface area contributed by atoms with Crippen molar-refractivity contribution in [3.63, 3.8) is 0 Å². The first kappa shape index (κ1) is 26.0. The zero-order valence-corrected chi connectivity index (χ0v) is 24.0. The number of morpholine rings is 1. The van der Waals surface area contributed by atoms with Crippen LogP contribution in [-0.2, 0) is 16.0 Å². The molecule has 1 N–H and O–H groups in total. The van der Waals surface area contributed by atoms with Crippen molar-refractivity contribution >= 4 is 34.1 Å². The van der Waals surface area contributed by atoms with Gasteiger partial charge in [0.2, 0.25) is 0 Å². The zero-order chi connectivity index (χ0) is 27.2. The maximum Gasteiger partial charge on any atom is 0.252 e. The van der Waals surface area contributed by atoms with Crippen molar-refractivity contribution in [3.8, 4) is 5.75 Å². The van der Waals surface area contributed by atoms with Crippen LogP contribution in [0.1, 0.15) is 60.5 Å². The van der Waals surface area contributed by atoms with Gasteiger partial charge in [-0.2, -0.15) is 0 Å². The van der Waals surface area contributed by atoms with E-state index in [4.69, 9.17) is 21.7 Å². The number of ether oxygens (including phenoxy) is 2. The third-order valence-electron chi connectivity index (χ3n) is 9.24. The second-order valence-electron chi connectivity index (χ2n) is 11.8. The summed E-state index contributed by atoms with van der Waals surface area (Å²) in [5.74, 6) is 1.04. The lowest BCUT2D eigenvalue weighted by Gasteiger charge is -2.38. The number of H-pyrrole nitrogens is 1. The summed E-state index contributed by atoms with van der Waals surface area (Å²) in [6.45, 7) is 7.19. The molecule has 2 unspecified atom stereocenters. The van der Waals surface area contributed by atoms with Crippen molar-refractivity contribution < 1.29 is 14.3 Å². The van der Waals surface area contributed by atoms with Gasteiger partial charge in [-0.25, -0.2) is 0 Å². The molecule has 3 aliphatic heterocycles. The number of carbonyl (C=O) groups excluding carboxylic acids is 1. The number of thiocarbonyl (C=S) groups is 1. The molecule has 4 heterocycles. The van der Waals surface area contributed by atoms with Gasteiger partial charge in [-0.05, 0) is 67.4 Å². The Kier molecular flexibility index (Phi) is 7.02. The maximum atomic E-state index is 14.0. The highest BCUT2D eigenvalue weighted by Crippen LogP contribution is 2.45. The fourth-order valence-electron chi connectivity index (χ4n) is 7.14. The van der Waals surface area contributed by atoms with Crippen molar-refractivity contribution in [2.45, 2.75) is 63.6 Å². The molecule has 0 bridgehead atoms. The monoisotopic (exact) mass is 558 g/mol. The fourth-order valence-corrected chi connectivity index (χ4v) is 7.61. The second kappa shape index (κ2) is 10.8. The molecule has 7 rings (SSSR count). The van der Waals surface area contributed by atoms with E-state index in [1.807, 2.05) is 4.90 Å². The topological polar surface area (TPSA) is 61.0 Å². The molecule has 0 spiro atoms. The molecule has 3 aromatic rings. The van der Waals surface area contributed by atoms with Crippen molar-refractivity contribution in [2.24, 2.45) is 0 Å². The molecule has 8 heteroatoms. The van der Waals surface area contributed by atoms with Crippen molar-refractivity contribution in [1.29, 1.82) is 0 Å². The third kappa shape index (κ3) is 4.60. The first-order valence-electron chi connectivity index (χ1n) is 14.9. The van der Waals surface area contributed by atoms with Gasteiger partial charge in [-0.1, -0.05) is 43.0 Å². The number of aryl methyl sites for hydroxylation is 1. The Hall–Kier alpha value is -2.94. The number of amides is 1. The lowest BCUT2D eigenvalue weighted by Crippen LogP contribution is -2.44. The van der Waals surface area contributed by atoms with E-state index >= 15 is 0 Å². The highest BCUT2D eigenvalue weighted by molar-refractivity contribution is 7.80. The molecule has 4 aliphatic rings. The Labute approximate surface area is 241 Å². The van der Waals surface area contributed by atoms with E-state index in [1.54, 1.807) is 0 Å². The van der Waals surface area contributed by atoms with E-state index in [-0.39, 0.29) is 24.0 Å². The molecule has 40 heavy (non-hydrogen) atoms. The Morgan fingerprint density at radius 3 is 2.60 bits per heavy atom. The number of nitrogens with one attached hydrogen (secondary N) is 1. The Bertz CT molecular complexity index is 1410. The average Bonchev–Trinajstić information content (AvgIpc) is 3.47. The van der Waals surface area contributed by atoms with Crippen LogP contribution >= 0.6 is 12.2 Å². The number of hydrogen-bond acceptors (Lipinski definition) is 5. The predicted molar refractivity (Wildman–Crippen MR) is 160 cm³/mol. The molecule has 3 fully saturated rings. The lowest BCUT2D eigenvalue weighted by atomic mass is 9.88. The van der Waals surface area contributed by atoms with Crippen LogP contribution in [0.4, 0.5) is 0 Å². The quantitative estimate of drug-likeness (QED) is 0.432. The van der Waals surface area contributed by atoms with E-state index in [1.165, 1.54) is 35.8 Å². The minimum absolute atomic E-state index is 0.145. The molecule has 1 saturated carbocycles. The molecule has 0 radical (unpaired) electrons. The average molecular weight is 559 g/mol. The van der Waals surface area contributed by atoms with Crippen LogP contribution in [0.2, 0.25) is 0 Å². The maximum absolute atomic E-state index is 14.0. The number of fused-ring (bicyclic) bond motifs is 4. The second-order valence-corrected chi connectivity index (χ2v) is 12.1. The standard InChI is InChI=1S/C32H38N4O3S/c1-21-7-12-27-25(19-21)26-20-28-31(37)35(23-5-3-2-4-6-23)32(40)36(28)30(29(26)33-27)22-8-10-24(11-9-22)39-18-15-34-13-16-38-17-14-34/h7-12,19,23,28,30,33H,2-6,13-18,20H2,1H3. The number of carbonyl (C=O) groups is 1. The summed E-state index contributed by atoms with van der Waals surface area (Å²) in [5, 5.41) is 1.91. The summed E-state index contributed by atoms with van der Waals surface area (Å²) in [6, 6.07) is 14.8. The van der Waals surface area contributed by atoms with Crippen LogP contribution in [-0.4, -0.2) is 82.2 Å². The summed E-state index contributed by atoms with van der Waals surface area (Å²) in [6.07, 6.45) is 6.35. The van der Waals surface area contributed by atoms with Gasteiger partial charge >= 0.3 is 0 Å². The molecular formula is C32H38N4O3S. The summed E-state index contributed by atoms with van der Waals surface area (Å²) in [5.41, 5.74) is 5.86. The van der Waals surface area contributed by atoms with Gasteiger partial charge < -0.3 is 19.4 Å². The van der Waals surface area contributed by atoms with Crippen LogP contribution in [0.25, 0.3) is 10.9 Å². The highest BCUT2D eigenvalue weighted by atomic mass is 32.1. The van der Waals surface area contributed by atoms with E-state index < -0.39 is 0 Å². The normalized spacial score (nSPS) is 24.0. The summed E-state index contributed by atoms with van der Waals surface area (Å²) >= 11 is 6.13. The number of hydrogen-bond donors (Lipinski definition) is 1. The molecule has 2 saturated heterocycles. The minimum Gasteiger partial charge on any atom is -0.492 e. The Morgan fingerprint density at radius 2 is 1.82 bits per heavy atom. The van der Waals surface area contributed by atoms with Crippen molar-refractivity contribution in [3.05, 3.63) is 64.8 Å². The number of rotatable bonds is 6. The van der Waals surface area contributed by atoms with E-state index in [2.05, 4.69) is 64.2 Å². The smallest absolute Gasteiger partial charge is 0.252 e. The summed E-state index contributed by atoms with van der Waals surface area (Å²) < 4.78 is 11.6. The Morgan fingerprint density at radius 1 is 1.05 bits per heavy atom. The van der Waals surface area contributed by atoms with Gasteiger partial charge in [0.25, 0.3) is 5.91 Å². The van der Waals surface area contributed by atoms with Gasteiger partial charge in [0.15, 0.2) is 5.11 Å². The molecule has 2 atom stereocenters. The molecule has 1 amide bonds. The third-order valence-corrected chi connectivity index (χ3v) is 9.65. The largest absolute Gasteiger partial charge is 0.492 e. The number of nitrogens with zero attached hydrogens (tertiary/aromatic N) is 3.